The lowest BCUT2D eigenvalue weighted by Gasteiger charge is -2.16. The van der Waals surface area contributed by atoms with Crippen molar-refractivity contribution in [2.75, 3.05) is 11.9 Å². The molecular weight excluding hydrogens is 298 g/mol. The van der Waals surface area contributed by atoms with Crippen LogP contribution in [0, 0.1) is 0 Å². The number of thiophene rings is 1. The molecule has 112 valence electrons. The summed E-state index contributed by atoms with van der Waals surface area (Å²) in [5.74, 6) is 0. The van der Waals surface area contributed by atoms with Crippen molar-refractivity contribution >= 4 is 32.8 Å². The van der Waals surface area contributed by atoms with Crippen molar-refractivity contribution in [2.45, 2.75) is 0 Å². The average molecular weight is 315 g/mol. The van der Waals surface area contributed by atoms with Gasteiger partial charge in [-0.25, -0.2) is 0 Å². The molecule has 0 saturated carbocycles. The van der Waals surface area contributed by atoms with Crippen LogP contribution in [-0.2, 0) is 0 Å². The molecule has 2 heteroatoms. The zero-order valence-electron chi connectivity index (χ0n) is 12.9. The number of rotatable bonds is 3. The van der Waals surface area contributed by atoms with Crippen LogP contribution in [0.2, 0.25) is 0 Å². The zero-order chi connectivity index (χ0) is 15.6. The van der Waals surface area contributed by atoms with Crippen LogP contribution in [0.15, 0.2) is 84.9 Å². The van der Waals surface area contributed by atoms with Gasteiger partial charge in [0.2, 0.25) is 0 Å². The molecule has 3 aromatic carbocycles. The monoisotopic (exact) mass is 315 g/mol. The molecule has 0 unspecified atom stereocenters. The van der Waals surface area contributed by atoms with Crippen LogP contribution < -0.4 is 4.90 Å². The summed E-state index contributed by atoms with van der Waals surface area (Å²) in [6, 6.07) is 30.0. The highest BCUT2D eigenvalue weighted by molar-refractivity contribution is 7.19. The summed E-state index contributed by atoms with van der Waals surface area (Å²) < 4.78 is 0. The highest BCUT2D eigenvalue weighted by atomic mass is 32.1. The lowest BCUT2D eigenvalue weighted by atomic mass is 10.0. The Morgan fingerprint density at radius 1 is 0.696 bits per heavy atom. The maximum Gasteiger partial charge on any atom is 0.0956 e. The van der Waals surface area contributed by atoms with E-state index < -0.39 is 0 Å². The molecule has 0 N–H and O–H groups in total. The van der Waals surface area contributed by atoms with E-state index in [0.717, 1.165) is 0 Å². The van der Waals surface area contributed by atoms with E-state index >= 15 is 0 Å². The molecule has 1 aromatic heterocycles. The van der Waals surface area contributed by atoms with Gasteiger partial charge in [0.1, 0.15) is 0 Å². The Morgan fingerprint density at radius 3 is 2.30 bits per heavy atom. The number of nitrogens with zero attached hydrogens (tertiary/aromatic N) is 1. The van der Waals surface area contributed by atoms with Crippen molar-refractivity contribution < 1.29 is 0 Å². The number of hydrogen-bond acceptors (Lipinski definition) is 2. The summed E-state index contributed by atoms with van der Waals surface area (Å²) in [5, 5.41) is 3.85. The second-order valence-electron chi connectivity index (χ2n) is 5.56. The fourth-order valence-corrected chi connectivity index (χ4v) is 3.90. The van der Waals surface area contributed by atoms with Gasteiger partial charge in [-0.3, -0.25) is 0 Å². The molecular formula is C21H17NS. The Hall–Kier alpha value is -2.58. The minimum atomic E-state index is 1.21. The zero-order valence-corrected chi connectivity index (χ0v) is 13.8. The SMILES string of the molecule is CN(c1ccccc1)c1ccc(-c2cccc3ccccc23)s1. The highest BCUT2D eigenvalue weighted by Crippen LogP contribution is 2.38. The standard InChI is InChI=1S/C21H17NS/c1-22(17-10-3-2-4-11-17)21-15-14-20(23-21)19-13-7-9-16-8-5-6-12-18(16)19/h2-15H,1H3. The van der Waals surface area contributed by atoms with E-state index in [0.29, 0.717) is 0 Å². The third-order valence-corrected chi connectivity index (χ3v) is 5.32. The molecule has 1 heterocycles. The summed E-state index contributed by atoms with van der Waals surface area (Å²) in [4.78, 5) is 3.54. The first-order valence-electron chi connectivity index (χ1n) is 7.70. The van der Waals surface area contributed by atoms with Crippen molar-refractivity contribution in [2.24, 2.45) is 0 Å². The number of para-hydroxylation sites is 1. The number of fused-ring (bicyclic) bond motifs is 1. The van der Waals surface area contributed by atoms with Crippen molar-refractivity contribution in [3.05, 3.63) is 84.9 Å². The summed E-state index contributed by atoms with van der Waals surface area (Å²) in [6.07, 6.45) is 0. The largest absolute Gasteiger partial charge is 0.336 e. The molecule has 1 nitrogen and oxygen atoms in total. The summed E-state index contributed by atoms with van der Waals surface area (Å²) >= 11 is 1.83. The second-order valence-corrected chi connectivity index (χ2v) is 6.62. The second kappa shape index (κ2) is 5.90. The molecule has 0 bridgehead atoms. The molecule has 0 spiro atoms. The van der Waals surface area contributed by atoms with Crippen molar-refractivity contribution in [1.82, 2.24) is 0 Å². The van der Waals surface area contributed by atoms with Crippen LogP contribution >= 0.6 is 11.3 Å². The Balaban J connectivity index is 1.75. The predicted molar refractivity (Wildman–Crippen MR) is 102 cm³/mol. The third-order valence-electron chi connectivity index (χ3n) is 4.12. The van der Waals surface area contributed by atoms with Gasteiger partial charge in [-0.15, -0.1) is 11.3 Å². The molecule has 0 saturated heterocycles. The van der Waals surface area contributed by atoms with Gasteiger partial charge < -0.3 is 4.90 Å². The molecule has 0 aliphatic rings. The van der Waals surface area contributed by atoms with Gasteiger partial charge >= 0.3 is 0 Å². The van der Waals surface area contributed by atoms with Crippen molar-refractivity contribution in [3.8, 4) is 10.4 Å². The van der Waals surface area contributed by atoms with Gasteiger partial charge in [-0.2, -0.15) is 0 Å². The van der Waals surface area contributed by atoms with E-state index in [4.69, 9.17) is 0 Å². The fraction of sp³-hybridized carbons (Fsp3) is 0.0476. The van der Waals surface area contributed by atoms with Crippen LogP contribution in [0.1, 0.15) is 0 Å². The van der Waals surface area contributed by atoms with Crippen LogP contribution in [-0.4, -0.2) is 7.05 Å². The first kappa shape index (κ1) is 14.0. The Bertz CT molecular complexity index is 935. The molecule has 0 radical (unpaired) electrons. The molecule has 0 aliphatic carbocycles. The first-order valence-corrected chi connectivity index (χ1v) is 8.51. The van der Waals surface area contributed by atoms with E-state index in [1.54, 1.807) is 0 Å². The van der Waals surface area contributed by atoms with E-state index in [1.807, 2.05) is 17.4 Å². The summed E-state index contributed by atoms with van der Waals surface area (Å²) in [7, 11) is 2.12. The number of anilines is 2. The Kier molecular flexibility index (Phi) is 3.60. The minimum Gasteiger partial charge on any atom is -0.336 e. The maximum absolute atomic E-state index is 2.24. The van der Waals surface area contributed by atoms with Gasteiger partial charge in [0.25, 0.3) is 0 Å². The molecule has 0 fully saturated rings. The maximum atomic E-state index is 2.24. The van der Waals surface area contributed by atoms with Crippen molar-refractivity contribution in [1.29, 1.82) is 0 Å². The lowest BCUT2D eigenvalue weighted by molar-refractivity contribution is 1.24. The van der Waals surface area contributed by atoms with Gasteiger partial charge in [-0.05, 0) is 40.6 Å². The van der Waals surface area contributed by atoms with E-state index in [2.05, 4.69) is 90.8 Å². The van der Waals surface area contributed by atoms with Crippen LogP contribution in [0.5, 0.6) is 0 Å². The first-order chi connectivity index (χ1) is 11.3. The molecule has 23 heavy (non-hydrogen) atoms. The van der Waals surface area contributed by atoms with Crippen LogP contribution in [0.3, 0.4) is 0 Å². The van der Waals surface area contributed by atoms with Gasteiger partial charge in [0.15, 0.2) is 0 Å². The molecule has 4 rings (SSSR count). The Morgan fingerprint density at radius 2 is 1.43 bits per heavy atom. The van der Waals surface area contributed by atoms with Gasteiger partial charge in [-0.1, -0.05) is 60.7 Å². The molecule has 0 amide bonds. The van der Waals surface area contributed by atoms with Crippen LogP contribution in [0.4, 0.5) is 10.7 Å². The van der Waals surface area contributed by atoms with E-state index in [1.165, 1.54) is 31.9 Å². The lowest BCUT2D eigenvalue weighted by Crippen LogP contribution is -2.06. The number of hydrogen-bond donors (Lipinski definition) is 0. The van der Waals surface area contributed by atoms with Gasteiger partial charge in [0, 0.05) is 17.6 Å². The Labute approximate surface area is 140 Å². The topological polar surface area (TPSA) is 3.24 Å². The molecule has 4 aromatic rings. The van der Waals surface area contributed by atoms with E-state index in [-0.39, 0.29) is 0 Å². The normalized spacial score (nSPS) is 10.8. The molecule has 0 atom stereocenters. The quantitative estimate of drug-likeness (QED) is 0.426. The average Bonchev–Trinajstić information content (AvgIpc) is 3.11. The van der Waals surface area contributed by atoms with Crippen molar-refractivity contribution in [3.63, 3.8) is 0 Å². The third kappa shape index (κ3) is 2.62. The van der Waals surface area contributed by atoms with E-state index in [9.17, 15) is 0 Å². The fourth-order valence-electron chi connectivity index (χ4n) is 2.87. The van der Waals surface area contributed by atoms with Crippen LogP contribution in [0.25, 0.3) is 21.2 Å². The predicted octanol–water partition coefficient (Wildman–Crippen LogP) is 6.34. The summed E-state index contributed by atoms with van der Waals surface area (Å²) in [6.45, 7) is 0. The number of benzene rings is 3. The smallest absolute Gasteiger partial charge is 0.0956 e. The summed E-state index contributed by atoms with van der Waals surface area (Å²) in [5.41, 5.74) is 2.51. The molecule has 0 aliphatic heterocycles. The highest BCUT2D eigenvalue weighted by Gasteiger charge is 2.10. The minimum absolute atomic E-state index is 1.21. The van der Waals surface area contributed by atoms with Gasteiger partial charge in [0.05, 0.1) is 5.00 Å².